The summed E-state index contributed by atoms with van der Waals surface area (Å²) in [6.07, 6.45) is 8.13. The molecule has 2 nitrogen and oxygen atoms in total. The highest BCUT2D eigenvalue weighted by atomic mass is 32.2. The number of thioether (sulfide) groups is 2. The maximum atomic E-state index is 4.65. The van der Waals surface area contributed by atoms with Gasteiger partial charge in [0.15, 0.2) is 0 Å². The van der Waals surface area contributed by atoms with E-state index in [1.165, 1.54) is 32.0 Å². The fourth-order valence-electron chi connectivity index (χ4n) is 3.73. The van der Waals surface area contributed by atoms with E-state index in [9.17, 15) is 0 Å². The Kier molecular flexibility index (Phi) is 8.78. The highest BCUT2D eigenvalue weighted by Crippen LogP contribution is 2.26. The van der Waals surface area contributed by atoms with E-state index in [1.807, 2.05) is 12.4 Å². The van der Waals surface area contributed by atoms with Gasteiger partial charge in [0.1, 0.15) is 0 Å². The molecule has 4 aromatic rings. The molecule has 0 radical (unpaired) electrons. The number of hydrogen-bond acceptors (Lipinski definition) is 4. The van der Waals surface area contributed by atoms with Gasteiger partial charge in [0.2, 0.25) is 0 Å². The number of nitrogens with zero attached hydrogens (tertiary/aromatic N) is 2. The standard InChI is InChI=1S/C30H28N2S2/c1-33-27-15-11-23(12-16-27)29-9-5-3-7-25(29)21-31-19-20-32-22-26-8-4-6-10-30(26)24-13-17-28(34-2)18-14-24/h3-18,21-22H,19-20H2,1-2H3. The van der Waals surface area contributed by atoms with E-state index in [1.54, 1.807) is 23.5 Å². The molecule has 0 aromatic heterocycles. The van der Waals surface area contributed by atoms with Crippen molar-refractivity contribution >= 4 is 36.0 Å². The van der Waals surface area contributed by atoms with E-state index in [2.05, 4.69) is 120 Å². The zero-order valence-electron chi connectivity index (χ0n) is 19.5. The summed E-state index contributed by atoms with van der Waals surface area (Å²) in [4.78, 5) is 11.8. The maximum Gasteiger partial charge on any atom is 0.0585 e. The van der Waals surface area contributed by atoms with Gasteiger partial charge < -0.3 is 0 Å². The van der Waals surface area contributed by atoms with Crippen LogP contribution in [0.5, 0.6) is 0 Å². The third-order valence-electron chi connectivity index (χ3n) is 5.54. The van der Waals surface area contributed by atoms with Crippen molar-refractivity contribution < 1.29 is 0 Å². The van der Waals surface area contributed by atoms with Gasteiger partial charge in [-0.15, -0.1) is 23.5 Å². The van der Waals surface area contributed by atoms with Crippen LogP contribution in [-0.2, 0) is 0 Å². The molecule has 0 spiro atoms. The predicted molar refractivity (Wildman–Crippen MR) is 152 cm³/mol. The molecule has 4 aromatic carbocycles. The van der Waals surface area contributed by atoms with Crippen molar-refractivity contribution in [1.82, 2.24) is 0 Å². The molecule has 170 valence electrons. The lowest BCUT2D eigenvalue weighted by Crippen LogP contribution is -1.93. The fourth-order valence-corrected chi connectivity index (χ4v) is 4.54. The first-order valence-corrected chi connectivity index (χ1v) is 13.7. The Morgan fingerprint density at radius 3 is 1.29 bits per heavy atom. The molecule has 0 amide bonds. The van der Waals surface area contributed by atoms with E-state index in [-0.39, 0.29) is 0 Å². The molecule has 0 saturated heterocycles. The van der Waals surface area contributed by atoms with Crippen LogP contribution in [0.15, 0.2) is 117 Å². The van der Waals surface area contributed by atoms with Crippen LogP contribution in [0.4, 0.5) is 0 Å². The van der Waals surface area contributed by atoms with Gasteiger partial charge in [-0.3, -0.25) is 9.98 Å². The number of benzene rings is 4. The van der Waals surface area contributed by atoms with Gasteiger partial charge in [-0.25, -0.2) is 0 Å². The molecule has 0 bridgehead atoms. The first-order chi connectivity index (χ1) is 16.8. The second-order valence-corrected chi connectivity index (χ2v) is 9.46. The first-order valence-electron chi connectivity index (χ1n) is 11.2. The van der Waals surface area contributed by atoms with Crippen molar-refractivity contribution in [1.29, 1.82) is 0 Å². The summed E-state index contributed by atoms with van der Waals surface area (Å²) >= 11 is 3.51. The molecular formula is C30H28N2S2. The molecule has 0 heterocycles. The summed E-state index contributed by atoms with van der Waals surface area (Å²) in [5.74, 6) is 0. The SMILES string of the molecule is CSc1ccc(-c2ccccc2C=NCCN=Cc2ccccc2-c2ccc(SC)cc2)cc1. The average molecular weight is 481 g/mol. The fraction of sp³-hybridized carbons (Fsp3) is 0.133. The van der Waals surface area contributed by atoms with Crippen molar-refractivity contribution in [2.45, 2.75) is 9.79 Å². The number of rotatable bonds is 9. The van der Waals surface area contributed by atoms with Gasteiger partial charge >= 0.3 is 0 Å². The van der Waals surface area contributed by atoms with Crippen LogP contribution in [0.2, 0.25) is 0 Å². The molecule has 4 heteroatoms. The van der Waals surface area contributed by atoms with Gasteiger partial charge in [0.25, 0.3) is 0 Å². The Labute approximate surface area is 211 Å². The molecule has 0 N–H and O–H groups in total. The van der Waals surface area contributed by atoms with Crippen molar-refractivity contribution in [3.63, 3.8) is 0 Å². The summed E-state index contributed by atoms with van der Waals surface area (Å²) in [6.45, 7) is 1.31. The van der Waals surface area contributed by atoms with Gasteiger partial charge in [0, 0.05) is 33.3 Å². The molecule has 0 unspecified atom stereocenters. The third kappa shape index (κ3) is 6.28. The Bertz CT molecular complexity index is 1160. The van der Waals surface area contributed by atoms with Crippen LogP contribution in [-0.4, -0.2) is 38.0 Å². The minimum Gasteiger partial charge on any atom is -0.291 e. The van der Waals surface area contributed by atoms with Crippen LogP contribution in [0.1, 0.15) is 11.1 Å². The smallest absolute Gasteiger partial charge is 0.0585 e. The molecule has 0 fully saturated rings. The lowest BCUT2D eigenvalue weighted by molar-refractivity contribution is 0.985. The van der Waals surface area contributed by atoms with E-state index in [4.69, 9.17) is 0 Å². The third-order valence-corrected chi connectivity index (χ3v) is 7.03. The molecule has 34 heavy (non-hydrogen) atoms. The number of aliphatic imine (C=N–C) groups is 2. The largest absolute Gasteiger partial charge is 0.291 e. The highest BCUT2D eigenvalue weighted by molar-refractivity contribution is 7.98. The Morgan fingerprint density at radius 1 is 0.529 bits per heavy atom. The van der Waals surface area contributed by atoms with Crippen LogP contribution in [0.25, 0.3) is 22.3 Å². The van der Waals surface area contributed by atoms with E-state index < -0.39 is 0 Å². The molecule has 0 aliphatic carbocycles. The van der Waals surface area contributed by atoms with Crippen LogP contribution in [0, 0.1) is 0 Å². The topological polar surface area (TPSA) is 24.7 Å². The lowest BCUT2D eigenvalue weighted by atomic mass is 10.0. The van der Waals surface area contributed by atoms with Gasteiger partial charge in [-0.2, -0.15) is 0 Å². The second-order valence-electron chi connectivity index (χ2n) is 7.70. The van der Waals surface area contributed by atoms with Crippen molar-refractivity contribution in [3.05, 3.63) is 108 Å². The highest BCUT2D eigenvalue weighted by Gasteiger charge is 2.04. The molecule has 0 atom stereocenters. The molecule has 0 aliphatic heterocycles. The summed E-state index contributed by atoms with van der Waals surface area (Å²) in [5, 5.41) is 0. The van der Waals surface area contributed by atoms with Crippen molar-refractivity contribution in [3.8, 4) is 22.3 Å². The van der Waals surface area contributed by atoms with Gasteiger partial charge in [0.05, 0.1) is 13.1 Å². The normalized spacial score (nSPS) is 11.5. The Morgan fingerprint density at radius 2 is 0.912 bits per heavy atom. The summed E-state index contributed by atoms with van der Waals surface area (Å²) in [5.41, 5.74) is 7.07. The molecule has 4 rings (SSSR count). The monoisotopic (exact) mass is 480 g/mol. The minimum absolute atomic E-state index is 0.654. The zero-order chi connectivity index (χ0) is 23.6. The Balaban J connectivity index is 1.40. The lowest BCUT2D eigenvalue weighted by Gasteiger charge is -2.07. The average Bonchev–Trinajstić information content (AvgIpc) is 2.91. The maximum absolute atomic E-state index is 4.65. The van der Waals surface area contributed by atoms with Crippen LogP contribution < -0.4 is 0 Å². The van der Waals surface area contributed by atoms with Crippen molar-refractivity contribution in [2.75, 3.05) is 25.6 Å². The summed E-state index contributed by atoms with van der Waals surface area (Å²) in [6, 6.07) is 34.2. The first kappa shape index (κ1) is 24.1. The van der Waals surface area contributed by atoms with Crippen LogP contribution in [0.3, 0.4) is 0 Å². The summed E-state index contributed by atoms with van der Waals surface area (Å²) < 4.78 is 0. The van der Waals surface area contributed by atoms with Gasteiger partial charge in [-0.1, -0.05) is 72.8 Å². The van der Waals surface area contributed by atoms with E-state index >= 15 is 0 Å². The molecule has 0 aliphatic rings. The predicted octanol–water partition coefficient (Wildman–Crippen LogP) is 8.00. The second kappa shape index (κ2) is 12.4. The molecule has 0 saturated carbocycles. The van der Waals surface area contributed by atoms with Crippen LogP contribution >= 0.6 is 23.5 Å². The van der Waals surface area contributed by atoms with Crippen molar-refractivity contribution in [2.24, 2.45) is 9.98 Å². The Hall–Kier alpha value is -3.08. The summed E-state index contributed by atoms with van der Waals surface area (Å²) in [7, 11) is 0. The quantitative estimate of drug-likeness (QED) is 0.138. The minimum atomic E-state index is 0.654. The van der Waals surface area contributed by atoms with Gasteiger partial charge in [-0.05, 0) is 59.0 Å². The number of hydrogen-bond donors (Lipinski definition) is 0. The van der Waals surface area contributed by atoms with E-state index in [0.29, 0.717) is 13.1 Å². The molecular weight excluding hydrogens is 452 g/mol. The zero-order valence-corrected chi connectivity index (χ0v) is 21.2. The van der Waals surface area contributed by atoms with E-state index in [0.717, 1.165) is 11.1 Å².